The Kier molecular flexibility index (Phi) is 4.52. The molecule has 5 heteroatoms. The number of carbonyl (C=O) groups is 2. The molecule has 1 atom stereocenters. The molecule has 5 rings (SSSR count). The van der Waals surface area contributed by atoms with Gasteiger partial charge < -0.3 is 4.90 Å². The number of hydrogen-bond acceptors (Lipinski definition) is 4. The van der Waals surface area contributed by atoms with E-state index in [1.807, 2.05) is 60.7 Å². The zero-order valence-electron chi connectivity index (χ0n) is 16.2. The van der Waals surface area contributed by atoms with Gasteiger partial charge in [-0.15, -0.1) is 0 Å². The molecule has 2 fully saturated rings. The van der Waals surface area contributed by atoms with Crippen molar-refractivity contribution in [1.82, 2.24) is 4.90 Å². The first-order chi connectivity index (χ1) is 14.2. The summed E-state index contributed by atoms with van der Waals surface area (Å²) >= 11 is 0. The normalized spacial score (nSPS) is 20.6. The van der Waals surface area contributed by atoms with Crippen molar-refractivity contribution in [3.63, 3.8) is 0 Å². The third-order valence-corrected chi connectivity index (χ3v) is 5.99. The molecule has 2 saturated heterocycles. The fraction of sp³-hybridized carbons (Fsp3) is 0.250. The third-order valence-electron chi connectivity index (χ3n) is 5.99. The van der Waals surface area contributed by atoms with E-state index >= 15 is 0 Å². The van der Waals surface area contributed by atoms with Gasteiger partial charge in [0.15, 0.2) is 0 Å². The molecule has 0 N–H and O–H groups in total. The van der Waals surface area contributed by atoms with Crippen LogP contribution in [0.25, 0.3) is 10.8 Å². The molecule has 0 spiro atoms. The summed E-state index contributed by atoms with van der Waals surface area (Å²) in [7, 11) is 0. The molecule has 3 aromatic rings. The molecule has 29 heavy (non-hydrogen) atoms. The third kappa shape index (κ3) is 3.28. The average molecular weight is 385 g/mol. The average Bonchev–Trinajstić information content (AvgIpc) is 3.08. The lowest BCUT2D eigenvalue weighted by Crippen LogP contribution is -2.52. The highest BCUT2D eigenvalue weighted by atomic mass is 16.2. The smallest absolute Gasteiger partial charge is 0.251 e. The van der Waals surface area contributed by atoms with Crippen molar-refractivity contribution in [2.75, 3.05) is 36.0 Å². The maximum absolute atomic E-state index is 13.2. The zero-order valence-corrected chi connectivity index (χ0v) is 16.2. The molecule has 2 aliphatic heterocycles. The minimum Gasteiger partial charge on any atom is -0.369 e. The van der Waals surface area contributed by atoms with Crippen LogP contribution in [0.2, 0.25) is 0 Å². The van der Waals surface area contributed by atoms with E-state index in [4.69, 9.17) is 0 Å². The molecule has 2 aliphatic rings. The van der Waals surface area contributed by atoms with Gasteiger partial charge in [0.25, 0.3) is 5.91 Å². The molecule has 3 aromatic carbocycles. The number of piperazine rings is 1. The topological polar surface area (TPSA) is 43.9 Å². The van der Waals surface area contributed by atoms with Crippen molar-refractivity contribution in [1.29, 1.82) is 0 Å². The molecule has 146 valence electrons. The molecule has 0 unspecified atom stereocenters. The van der Waals surface area contributed by atoms with E-state index in [-0.39, 0.29) is 24.3 Å². The Morgan fingerprint density at radius 3 is 2.14 bits per heavy atom. The highest BCUT2D eigenvalue weighted by molar-refractivity contribution is 6.22. The van der Waals surface area contributed by atoms with Crippen LogP contribution in [-0.2, 0) is 9.59 Å². The Morgan fingerprint density at radius 2 is 1.38 bits per heavy atom. The molecular weight excluding hydrogens is 362 g/mol. The van der Waals surface area contributed by atoms with Crippen LogP contribution < -0.4 is 9.80 Å². The fourth-order valence-electron chi connectivity index (χ4n) is 4.42. The maximum Gasteiger partial charge on any atom is 0.251 e. The Hall–Kier alpha value is -3.18. The van der Waals surface area contributed by atoms with Crippen molar-refractivity contribution in [2.45, 2.75) is 12.5 Å². The van der Waals surface area contributed by atoms with Gasteiger partial charge in [0.2, 0.25) is 5.91 Å². The van der Waals surface area contributed by atoms with Crippen molar-refractivity contribution in [3.8, 4) is 0 Å². The Bertz CT molecular complexity index is 1060. The minimum absolute atomic E-state index is 0.0987. The summed E-state index contributed by atoms with van der Waals surface area (Å²) in [6.07, 6.45) is 0.261. The van der Waals surface area contributed by atoms with E-state index in [0.717, 1.165) is 37.0 Å². The van der Waals surface area contributed by atoms with Crippen LogP contribution in [0.3, 0.4) is 0 Å². The first kappa shape index (κ1) is 17.9. The van der Waals surface area contributed by atoms with Crippen molar-refractivity contribution < 1.29 is 9.59 Å². The van der Waals surface area contributed by atoms with Crippen molar-refractivity contribution in [2.24, 2.45) is 0 Å². The predicted octanol–water partition coefficient (Wildman–Crippen LogP) is 3.29. The second kappa shape index (κ2) is 7.33. The van der Waals surface area contributed by atoms with Crippen LogP contribution in [-0.4, -0.2) is 48.9 Å². The number of amides is 2. The second-order valence-electron chi connectivity index (χ2n) is 7.68. The molecule has 0 aromatic heterocycles. The van der Waals surface area contributed by atoms with Crippen LogP contribution in [0, 0.1) is 0 Å². The maximum atomic E-state index is 13.2. The number of hydrogen-bond donors (Lipinski definition) is 0. The number of rotatable bonds is 3. The zero-order chi connectivity index (χ0) is 19.8. The Balaban J connectivity index is 1.31. The number of benzene rings is 3. The number of nitrogens with zero attached hydrogens (tertiary/aromatic N) is 3. The Morgan fingerprint density at radius 1 is 0.690 bits per heavy atom. The van der Waals surface area contributed by atoms with Crippen LogP contribution in [0.1, 0.15) is 6.42 Å². The summed E-state index contributed by atoms with van der Waals surface area (Å²) < 4.78 is 0. The fourth-order valence-corrected chi connectivity index (χ4v) is 4.42. The van der Waals surface area contributed by atoms with Crippen LogP contribution in [0.5, 0.6) is 0 Å². The van der Waals surface area contributed by atoms with Gasteiger partial charge in [-0.1, -0.05) is 48.5 Å². The molecule has 0 radical (unpaired) electrons. The highest BCUT2D eigenvalue weighted by Crippen LogP contribution is 2.29. The van der Waals surface area contributed by atoms with Gasteiger partial charge >= 0.3 is 0 Å². The van der Waals surface area contributed by atoms with Gasteiger partial charge in [0, 0.05) is 31.9 Å². The summed E-state index contributed by atoms with van der Waals surface area (Å²) in [6, 6.07) is 23.7. The van der Waals surface area contributed by atoms with Gasteiger partial charge in [-0.05, 0) is 35.0 Å². The van der Waals surface area contributed by atoms with Gasteiger partial charge in [0.05, 0.1) is 18.2 Å². The van der Waals surface area contributed by atoms with E-state index < -0.39 is 0 Å². The lowest BCUT2D eigenvalue weighted by atomic mass is 10.1. The largest absolute Gasteiger partial charge is 0.369 e. The van der Waals surface area contributed by atoms with Gasteiger partial charge in [-0.3, -0.25) is 14.5 Å². The summed E-state index contributed by atoms with van der Waals surface area (Å²) in [4.78, 5) is 31.8. The van der Waals surface area contributed by atoms with Gasteiger partial charge in [-0.25, -0.2) is 4.90 Å². The molecule has 5 nitrogen and oxygen atoms in total. The monoisotopic (exact) mass is 385 g/mol. The quantitative estimate of drug-likeness (QED) is 0.649. The van der Waals surface area contributed by atoms with E-state index in [1.165, 1.54) is 10.6 Å². The highest BCUT2D eigenvalue weighted by Gasteiger charge is 2.43. The van der Waals surface area contributed by atoms with Crippen LogP contribution in [0.4, 0.5) is 11.4 Å². The first-order valence-electron chi connectivity index (χ1n) is 10.1. The van der Waals surface area contributed by atoms with Crippen LogP contribution in [0.15, 0.2) is 72.8 Å². The molecule has 0 saturated carbocycles. The summed E-state index contributed by atoms with van der Waals surface area (Å²) in [5, 5.41) is 2.13. The summed E-state index contributed by atoms with van der Waals surface area (Å²) in [5.41, 5.74) is 1.88. The lowest BCUT2D eigenvalue weighted by molar-refractivity contribution is -0.123. The SMILES string of the molecule is O=C1C[C@@H](N2CCN(c3ccccc3)CC2)C(=O)N1c1ccc2ccccc2c1. The van der Waals surface area contributed by atoms with E-state index in [0.29, 0.717) is 5.69 Å². The van der Waals surface area contributed by atoms with Crippen LogP contribution >= 0.6 is 0 Å². The molecule has 0 bridgehead atoms. The van der Waals surface area contributed by atoms with Gasteiger partial charge in [-0.2, -0.15) is 0 Å². The number of carbonyl (C=O) groups excluding carboxylic acids is 2. The molecular formula is C24H23N3O2. The molecule has 0 aliphatic carbocycles. The van der Waals surface area contributed by atoms with E-state index in [1.54, 1.807) is 0 Å². The predicted molar refractivity (Wildman–Crippen MR) is 115 cm³/mol. The minimum atomic E-state index is -0.355. The van der Waals surface area contributed by atoms with Crippen molar-refractivity contribution >= 4 is 34.0 Å². The van der Waals surface area contributed by atoms with E-state index in [9.17, 15) is 9.59 Å². The number of fused-ring (bicyclic) bond motifs is 1. The summed E-state index contributed by atoms with van der Waals surface area (Å²) in [5.74, 6) is -0.209. The Labute approximate surface area is 170 Å². The summed E-state index contributed by atoms with van der Waals surface area (Å²) in [6.45, 7) is 3.28. The van der Waals surface area contributed by atoms with Gasteiger partial charge in [0.1, 0.15) is 0 Å². The molecule has 2 heterocycles. The standard InChI is InChI=1S/C24H23N3O2/c28-23-17-22(26-14-12-25(13-15-26)20-8-2-1-3-9-20)24(29)27(23)21-11-10-18-6-4-5-7-19(18)16-21/h1-11,16,22H,12-15,17H2/t22-/m1/s1. The molecule has 2 amide bonds. The number of anilines is 2. The second-order valence-corrected chi connectivity index (χ2v) is 7.68. The van der Waals surface area contributed by atoms with Crippen molar-refractivity contribution in [3.05, 3.63) is 72.8 Å². The first-order valence-corrected chi connectivity index (χ1v) is 10.1. The van der Waals surface area contributed by atoms with E-state index in [2.05, 4.69) is 21.9 Å². The number of imide groups is 1. The lowest BCUT2D eigenvalue weighted by Gasteiger charge is -2.38. The number of para-hydroxylation sites is 1.